The van der Waals surface area contributed by atoms with Crippen molar-refractivity contribution in [1.82, 2.24) is 0 Å². The number of carbonyl (C=O) groups is 2. The number of anilines is 2. The Balaban J connectivity index is 2.56. The zero-order valence-electron chi connectivity index (χ0n) is 13.2. The van der Waals surface area contributed by atoms with Crippen LogP contribution in [0.5, 0.6) is 0 Å². The maximum absolute atomic E-state index is 11.9. The molecule has 0 heterocycles. The zero-order chi connectivity index (χ0) is 15.9. The minimum absolute atomic E-state index is 0.00994. The third-order valence-electron chi connectivity index (χ3n) is 2.54. The number of nitrogens with one attached hydrogen (secondary N) is 2. The minimum Gasteiger partial charge on any atom is -0.326 e. The highest BCUT2D eigenvalue weighted by Gasteiger charge is 2.13. The second-order valence-corrected chi connectivity index (χ2v) is 7.63. The molecule has 0 aromatic heterocycles. The van der Waals surface area contributed by atoms with Crippen LogP contribution in [-0.2, 0) is 9.59 Å². The topological polar surface area (TPSA) is 58.2 Å². The maximum Gasteiger partial charge on any atom is 0.234 e. The SMILES string of the molecule is CCCC(=O)Nc1cccc(NC(=O)CSC(C)(C)C)c1. The summed E-state index contributed by atoms with van der Waals surface area (Å²) in [5.41, 5.74) is 1.40. The first kappa shape index (κ1) is 17.6. The summed E-state index contributed by atoms with van der Waals surface area (Å²) in [4.78, 5) is 23.4. The van der Waals surface area contributed by atoms with Crippen molar-refractivity contribution in [2.45, 2.75) is 45.3 Å². The van der Waals surface area contributed by atoms with E-state index >= 15 is 0 Å². The van der Waals surface area contributed by atoms with E-state index in [-0.39, 0.29) is 16.6 Å². The van der Waals surface area contributed by atoms with Crippen LogP contribution in [0.2, 0.25) is 0 Å². The summed E-state index contributed by atoms with van der Waals surface area (Å²) in [7, 11) is 0. The molecule has 1 aromatic rings. The van der Waals surface area contributed by atoms with E-state index in [1.54, 1.807) is 17.8 Å². The molecule has 0 aliphatic carbocycles. The highest BCUT2D eigenvalue weighted by Crippen LogP contribution is 2.23. The highest BCUT2D eigenvalue weighted by atomic mass is 32.2. The van der Waals surface area contributed by atoms with Crippen LogP contribution in [0.1, 0.15) is 40.5 Å². The average Bonchev–Trinajstić information content (AvgIpc) is 2.36. The molecule has 0 fully saturated rings. The van der Waals surface area contributed by atoms with Crippen molar-refractivity contribution in [2.24, 2.45) is 0 Å². The van der Waals surface area contributed by atoms with Gasteiger partial charge in [0.15, 0.2) is 0 Å². The van der Waals surface area contributed by atoms with E-state index in [2.05, 4.69) is 31.4 Å². The van der Waals surface area contributed by atoms with Gasteiger partial charge >= 0.3 is 0 Å². The normalized spacial score (nSPS) is 11.0. The molecule has 0 saturated heterocycles. The van der Waals surface area contributed by atoms with E-state index in [1.165, 1.54) is 0 Å². The quantitative estimate of drug-likeness (QED) is 0.838. The minimum atomic E-state index is -0.0352. The zero-order valence-corrected chi connectivity index (χ0v) is 14.0. The molecule has 0 unspecified atom stereocenters. The monoisotopic (exact) mass is 308 g/mol. The molecule has 0 bridgehead atoms. The lowest BCUT2D eigenvalue weighted by Crippen LogP contribution is -2.19. The van der Waals surface area contributed by atoms with E-state index in [4.69, 9.17) is 0 Å². The Morgan fingerprint density at radius 2 is 1.67 bits per heavy atom. The molecule has 1 rings (SSSR count). The molecule has 1 aromatic carbocycles. The predicted molar refractivity (Wildman–Crippen MR) is 90.8 cm³/mol. The lowest BCUT2D eigenvalue weighted by molar-refractivity contribution is -0.116. The number of hydrogen-bond donors (Lipinski definition) is 2. The Morgan fingerprint density at radius 3 is 2.19 bits per heavy atom. The van der Waals surface area contributed by atoms with Gasteiger partial charge in [-0.2, -0.15) is 0 Å². The van der Waals surface area contributed by atoms with Crippen LogP contribution < -0.4 is 10.6 Å². The maximum atomic E-state index is 11.9. The lowest BCUT2D eigenvalue weighted by Gasteiger charge is -2.17. The van der Waals surface area contributed by atoms with Gasteiger partial charge in [-0.25, -0.2) is 0 Å². The van der Waals surface area contributed by atoms with Gasteiger partial charge in [0.25, 0.3) is 0 Å². The van der Waals surface area contributed by atoms with Gasteiger partial charge in [0.1, 0.15) is 0 Å². The van der Waals surface area contributed by atoms with Crippen molar-refractivity contribution in [1.29, 1.82) is 0 Å². The fraction of sp³-hybridized carbons (Fsp3) is 0.500. The van der Waals surface area contributed by atoms with Gasteiger partial charge < -0.3 is 10.6 Å². The first-order chi connectivity index (χ1) is 9.80. The lowest BCUT2D eigenvalue weighted by atomic mass is 10.2. The van der Waals surface area contributed by atoms with Crippen LogP contribution in [-0.4, -0.2) is 22.3 Å². The molecule has 21 heavy (non-hydrogen) atoms. The summed E-state index contributed by atoms with van der Waals surface area (Å²) < 4.78 is 0.0628. The molecule has 0 atom stereocenters. The van der Waals surface area contributed by atoms with E-state index in [0.29, 0.717) is 23.5 Å². The summed E-state index contributed by atoms with van der Waals surface area (Å²) in [6.45, 7) is 8.20. The number of rotatable bonds is 6. The molecular weight excluding hydrogens is 284 g/mol. The van der Waals surface area contributed by atoms with Crippen molar-refractivity contribution in [2.75, 3.05) is 16.4 Å². The average molecular weight is 308 g/mol. The second-order valence-electron chi connectivity index (χ2n) is 5.83. The number of hydrogen-bond acceptors (Lipinski definition) is 3. The van der Waals surface area contributed by atoms with Crippen molar-refractivity contribution in [3.63, 3.8) is 0 Å². The highest BCUT2D eigenvalue weighted by molar-refractivity contribution is 8.01. The van der Waals surface area contributed by atoms with E-state index in [1.807, 2.05) is 25.1 Å². The Labute approximate surface area is 131 Å². The third-order valence-corrected chi connectivity index (χ3v) is 3.82. The molecule has 0 spiro atoms. The van der Waals surface area contributed by atoms with Crippen LogP contribution in [0.25, 0.3) is 0 Å². The van der Waals surface area contributed by atoms with Crippen LogP contribution in [0, 0.1) is 0 Å². The molecule has 2 N–H and O–H groups in total. The molecule has 0 saturated carbocycles. The molecule has 5 heteroatoms. The number of amides is 2. The Bertz CT molecular complexity index is 495. The van der Waals surface area contributed by atoms with Gasteiger partial charge in [0.05, 0.1) is 5.75 Å². The summed E-state index contributed by atoms with van der Waals surface area (Å²) in [6.07, 6.45) is 1.31. The molecule has 0 aliphatic heterocycles. The van der Waals surface area contributed by atoms with Crippen molar-refractivity contribution in [3.05, 3.63) is 24.3 Å². The van der Waals surface area contributed by atoms with E-state index in [0.717, 1.165) is 6.42 Å². The van der Waals surface area contributed by atoms with Gasteiger partial charge in [-0.1, -0.05) is 33.8 Å². The van der Waals surface area contributed by atoms with Crippen LogP contribution in [0.4, 0.5) is 11.4 Å². The molecule has 2 amide bonds. The van der Waals surface area contributed by atoms with Gasteiger partial charge in [0, 0.05) is 22.5 Å². The van der Waals surface area contributed by atoms with E-state index in [9.17, 15) is 9.59 Å². The summed E-state index contributed by atoms with van der Waals surface area (Å²) >= 11 is 1.60. The largest absolute Gasteiger partial charge is 0.326 e. The van der Waals surface area contributed by atoms with Gasteiger partial charge in [-0.15, -0.1) is 11.8 Å². The Morgan fingerprint density at radius 1 is 1.10 bits per heavy atom. The fourth-order valence-corrected chi connectivity index (χ4v) is 2.24. The van der Waals surface area contributed by atoms with Crippen molar-refractivity contribution in [3.8, 4) is 0 Å². The van der Waals surface area contributed by atoms with E-state index < -0.39 is 0 Å². The molecule has 116 valence electrons. The third kappa shape index (κ3) is 7.75. The number of carbonyl (C=O) groups excluding carboxylic acids is 2. The van der Waals surface area contributed by atoms with Gasteiger partial charge in [0.2, 0.25) is 11.8 Å². The van der Waals surface area contributed by atoms with Crippen LogP contribution in [0.15, 0.2) is 24.3 Å². The van der Waals surface area contributed by atoms with Gasteiger partial charge in [-0.05, 0) is 24.6 Å². The second kappa shape index (κ2) is 8.08. The summed E-state index contributed by atoms with van der Waals surface area (Å²) in [6, 6.07) is 7.21. The summed E-state index contributed by atoms with van der Waals surface area (Å²) in [5, 5.41) is 5.67. The van der Waals surface area contributed by atoms with Crippen molar-refractivity contribution >= 4 is 35.0 Å². The van der Waals surface area contributed by atoms with Gasteiger partial charge in [-0.3, -0.25) is 9.59 Å². The molecule has 4 nitrogen and oxygen atoms in total. The number of thioether (sulfide) groups is 1. The van der Waals surface area contributed by atoms with Crippen molar-refractivity contribution < 1.29 is 9.59 Å². The standard InChI is InChI=1S/C16H24N2O2S/c1-5-7-14(19)17-12-8-6-9-13(10-12)18-15(20)11-21-16(2,3)4/h6,8-10H,5,7,11H2,1-4H3,(H,17,19)(H,18,20). The smallest absolute Gasteiger partial charge is 0.234 e. The molecule has 0 aliphatic rings. The fourth-order valence-electron chi connectivity index (χ4n) is 1.60. The first-order valence-corrected chi connectivity index (χ1v) is 8.12. The van der Waals surface area contributed by atoms with Crippen LogP contribution >= 0.6 is 11.8 Å². The Kier molecular flexibility index (Phi) is 6.75. The number of benzene rings is 1. The Hall–Kier alpha value is -1.49. The van der Waals surface area contributed by atoms with Crippen LogP contribution in [0.3, 0.4) is 0 Å². The first-order valence-electron chi connectivity index (χ1n) is 7.14. The molecular formula is C16H24N2O2S. The molecule has 0 radical (unpaired) electrons. The summed E-state index contributed by atoms with van der Waals surface area (Å²) in [5.74, 6) is 0.367. The predicted octanol–water partition coefficient (Wildman–Crippen LogP) is 3.90.